The fraction of sp³-hybridized carbons (Fsp3) is 0. The fourth-order valence-corrected chi connectivity index (χ4v) is 8.43. The number of rotatable bonds is 7. The Morgan fingerprint density at radius 3 is 1.10 bits per heavy atom. The molecule has 0 bridgehead atoms. The summed E-state index contributed by atoms with van der Waals surface area (Å²) in [6.07, 6.45) is 6.10. The quantitative estimate of drug-likeness (QED) is 0.155. The topological polar surface area (TPSA) is 126 Å². The van der Waals surface area contributed by atoms with Gasteiger partial charge in [0.15, 0.2) is 23.3 Å². The van der Waals surface area contributed by atoms with E-state index in [1.165, 1.54) is 25.3 Å². The van der Waals surface area contributed by atoms with Crippen molar-refractivity contribution in [1.29, 1.82) is 0 Å². The van der Waals surface area contributed by atoms with Crippen molar-refractivity contribution in [1.82, 2.24) is 54.0 Å². The Bertz CT molecular complexity index is 3560. The minimum absolute atomic E-state index is 0.516. The van der Waals surface area contributed by atoms with Gasteiger partial charge in [0.05, 0.1) is 22.1 Å². The number of benzene rings is 7. The lowest BCUT2D eigenvalue weighted by Gasteiger charge is -2.11. The summed E-state index contributed by atoms with van der Waals surface area (Å²) in [5.41, 5.74) is 10.9. The van der Waals surface area contributed by atoms with Gasteiger partial charge in [-0.3, -0.25) is 4.57 Å². The van der Waals surface area contributed by atoms with E-state index in [4.69, 9.17) is 15.0 Å². The average molecular weight is 798 g/mol. The Hall–Kier alpha value is -8.83. The monoisotopic (exact) mass is 797 g/mol. The first-order valence-electron chi connectivity index (χ1n) is 20.1. The number of hydrogen-bond acceptors (Lipinski definition) is 9. The second kappa shape index (κ2) is 14.5. The zero-order chi connectivity index (χ0) is 41.0. The Morgan fingerprint density at radius 1 is 0.290 bits per heavy atom. The van der Waals surface area contributed by atoms with E-state index < -0.39 is 0 Å². The van der Waals surface area contributed by atoms with Crippen LogP contribution in [0, 0.1) is 0 Å². The van der Waals surface area contributed by atoms with Crippen molar-refractivity contribution in [3.05, 3.63) is 189 Å². The molecule has 12 rings (SSSR count). The normalized spacial score (nSPS) is 11.5. The van der Waals surface area contributed by atoms with Gasteiger partial charge in [-0.05, 0) is 83.9 Å². The van der Waals surface area contributed by atoms with Crippen molar-refractivity contribution in [2.45, 2.75) is 0 Å². The Labute approximate surface area is 353 Å². The number of aromatic nitrogens is 11. The van der Waals surface area contributed by atoms with Gasteiger partial charge in [-0.1, -0.05) is 91.0 Å². The molecule has 0 atom stereocenters. The van der Waals surface area contributed by atoms with Crippen molar-refractivity contribution in [3.63, 3.8) is 0 Å². The van der Waals surface area contributed by atoms with Crippen LogP contribution in [0.2, 0.25) is 0 Å². The van der Waals surface area contributed by atoms with Gasteiger partial charge in [-0.15, -0.1) is 0 Å². The van der Waals surface area contributed by atoms with Crippen LogP contribution in [0.25, 0.3) is 112 Å². The van der Waals surface area contributed by atoms with E-state index >= 15 is 0 Å². The smallest absolute Gasteiger partial charge is 0.238 e. The molecule has 0 unspecified atom stereocenters. The van der Waals surface area contributed by atoms with Gasteiger partial charge in [0.1, 0.15) is 25.3 Å². The maximum atomic E-state index is 5.15. The second-order valence-corrected chi connectivity index (χ2v) is 14.9. The third-order valence-corrected chi connectivity index (χ3v) is 11.3. The highest BCUT2D eigenvalue weighted by Gasteiger charge is 2.21. The van der Waals surface area contributed by atoms with E-state index in [0.717, 1.165) is 82.7 Å². The van der Waals surface area contributed by atoms with Crippen LogP contribution in [0.3, 0.4) is 0 Å². The molecule has 0 N–H and O–H groups in total. The summed E-state index contributed by atoms with van der Waals surface area (Å²) in [4.78, 5) is 41.2. The zero-order valence-corrected chi connectivity index (χ0v) is 32.8. The minimum atomic E-state index is 0.516. The molecule has 0 aliphatic carbocycles. The highest BCUT2D eigenvalue weighted by atomic mass is 15.2. The molecule has 0 saturated heterocycles. The predicted octanol–water partition coefficient (Wildman–Crippen LogP) is 10.8. The molecule has 5 heterocycles. The van der Waals surface area contributed by atoms with Gasteiger partial charge >= 0.3 is 0 Å². The Kier molecular flexibility index (Phi) is 8.20. The van der Waals surface area contributed by atoms with E-state index in [9.17, 15) is 0 Å². The Balaban J connectivity index is 1.09. The van der Waals surface area contributed by atoms with Crippen molar-refractivity contribution in [3.8, 4) is 68.3 Å². The number of nitrogens with zero attached hydrogens (tertiary/aromatic N) is 11. The highest BCUT2D eigenvalue weighted by molar-refractivity contribution is 6.13. The van der Waals surface area contributed by atoms with Crippen molar-refractivity contribution in [2.24, 2.45) is 0 Å². The molecule has 0 aliphatic heterocycles. The van der Waals surface area contributed by atoms with Crippen LogP contribution in [0.15, 0.2) is 189 Å². The van der Waals surface area contributed by atoms with Gasteiger partial charge in [0.2, 0.25) is 5.95 Å². The summed E-state index contributed by atoms with van der Waals surface area (Å²) in [6.45, 7) is 0. The summed E-state index contributed by atoms with van der Waals surface area (Å²) in [5, 5.41) is 4.25. The third kappa shape index (κ3) is 5.95. The molecule has 0 fully saturated rings. The van der Waals surface area contributed by atoms with E-state index in [1.807, 2.05) is 72.8 Å². The minimum Gasteiger partial charge on any atom is -0.309 e. The molecule has 12 aromatic rings. The summed E-state index contributed by atoms with van der Waals surface area (Å²) < 4.78 is 4.44. The lowest BCUT2D eigenvalue weighted by molar-refractivity contribution is 0.953. The average Bonchev–Trinajstić information content (AvgIpc) is 3.86. The maximum Gasteiger partial charge on any atom is 0.238 e. The van der Waals surface area contributed by atoms with Gasteiger partial charge in [0, 0.05) is 49.5 Å². The summed E-state index contributed by atoms with van der Waals surface area (Å²) in [7, 11) is 0. The largest absolute Gasteiger partial charge is 0.309 e. The first-order valence-corrected chi connectivity index (χ1v) is 20.1. The molecule has 11 nitrogen and oxygen atoms in total. The van der Waals surface area contributed by atoms with Crippen LogP contribution in [0.1, 0.15) is 0 Å². The summed E-state index contributed by atoms with van der Waals surface area (Å²) >= 11 is 0. The standard InChI is InChI=1S/C51H31N11/c1-4-10-32(11-5-1)49-58-50(33-12-6-2-7-13-33)60-51(59-49)62-45-21-17-35(25-40(45)42-27-37(19-23-46(42)62)48-56-30-53-31-57-48)34-16-20-43-39(24-34)41-26-36(47-54-28-52-29-55-47)18-22-44(41)61(43)38-14-8-3-9-15-38/h1-31H. The van der Waals surface area contributed by atoms with Crippen LogP contribution in [0.5, 0.6) is 0 Å². The molecule has 0 aliphatic rings. The lowest BCUT2D eigenvalue weighted by Crippen LogP contribution is -2.06. The van der Waals surface area contributed by atoms with Crippen LogP contribution < -0.4 is 0 Å². The van der Waals surface area contributed by atoms with Crippen LogP contribution in [-0.2, 0) is 0 Å². The molecule has 0 amide bonds. The molecular weight excluding hydrogens is 767 g/mol. The van der Waals surface area contributed by atoms with Crippen molar-refractivity contribution >= 4 is 43.6 Å². The molecular formula is C51H31N11. The van der Waals surface area contributed by atoms with E-state index in [0.29, 0.717) is 29.2 Å². The molecule has 62 heavy (non-hydrogen) atoms. The fourth-order valence-electron chi connectivity index (χ4n) is 8.43. The van der Waals surface area contributed by atoms with Gasteiger partial charge in [0.25, 0.3) is 0 Å². The third-order valence-electron chi connectivity index (χ3n) is 11.3. The predicted molar refractivity (Wildman–Crippen MR) is 242 cm³/mol. The SMILES string of the molecule is c1ccc(-c2nc(-c3ccccc3)nc(-n3c4ccc(-c5ccc6c(c5)c5cc(-c7ncncn7)ccc5n6-c5ccccc5)cc4c4cc(-c5ncncn5)ccc43)n2)cc1. The first-order chi connectivity index (χ1) is 30.7. The maximum absolute atomic E-state index is 5.15. The molecule has 5 aromatic heterocycles. The summed E-state index contributed by atoms with van der Waals surface area (Å²) in [6, 6.07) is 56.5. The number of hydrogen-bond donors (Lipinski definition) is 0. The van der Waals surface area contributed by atoms with E-state index in [1.54, 1.807) is 0 Å². The Morgan fingerprint density at radius 2 is 0.661 bits per heavy atom. The van der Waals surface area contributed by atoms with Crippen LogP contribution in [0.4, 0.5) is 0 Å². The first kappa shape index (κ1) is 35.1. The van der Waals surface area contributed by atoms with Gasteiger partial charge in [-0.25, -0.2) is 34.9 Å². The molecule has 7 aromatic carbocycles. The van der Waals surface area contributed by atoms with Gasteiger partial charge < -0.3 is 4.57 Å². The molecule has 0 spiro atoms. The molecule has 0 saturated carbocycles. The van der Waals surface area contributed by atoms with E-state index in [2.05, 4.69) is 130 Å². The highest BCUT2D eigenvalue weighted by Crippen LogP contribution is 2.40. The number of para-hydroxylation sites is 1. The molecule has 290 valence electrons. The zero-order valence-electron chi connectivity index (χ0n) is 32.8. The van der Waals surface area contributed by atoms with Crippen molar-refractivity contribution < 1.29 is 0 Å². The van der Waals surface area contributed by atoms with Crippen molar-refractivity contribution in [2.75, 3.05) is 0 Å². The van der Waals surface area contributed by atoms with E-state index in [-0.39, 0.29) is 0 Å². The van der Waals surface area contributed by atoms with Crippen LogP contribution >= 0.6 is 0 Å². The van der Waals surface area contributed by atoms with Gasteiger partial charge in [-0.2, -0.15) is 9.97 Å². The van der Waals surface area contributed by atoms with Crippen LogP contribution in [-0.4, -0.2) is 54.0 Å². The summed E-state index contributed by atoms with van der Waals surface area (Å²) in [5.74, 6) is 2.91. The lowest BCUT2D eigenvalue weighted by atomic mass is 10.00. The molecule has 11 heteroatoms. The number of fused-ring (bicyclic) bond motifs is 6. The molecule has 0 radical (unpaired) electrons. The second-order valence-electron chi connectivity index (χ2n) is 14.9.